The molecule has 8 rings (SSSR count). The highest BCUT2D eigenvalue weighted by Crippen LogP contribution is 2.64. The minimum Gasteiger partial charge on any atom is -0.456 e. The fourth-order valence-electron chi connectivity index (χ4n) is 11.3. The van der Waals surface area contributed by atoms with Crippen molar-refractivity contribution in [2.75, 3.05) is 13.2 Å². The largest absolute Gasteiger partial charge is 0.456 e. The van der Waals surface area contributed by atoms with Gasteiger partial charge in [-0.2, -0.15) is 0 Å². The molecule has 1 heterocycles. The van der Waals surface area contributed by atoms with Gasteiger partial charge in [0.25, 0.3) is 5.91 Å². The lowest BCUT2D eigenvalue weighted by atomic mass is 9.44. The molecule has 1 aliphatic heterocycles. The van der Waals surface area contributed by atoms with Crippen LogP contribution in [0.1, 0.15) is 92.3 Å². The molecule has 2 bridgehead atoms. The SMILES string of the molecule is CC(=O)O[C@H]1C(=O)[C@@]2(C)[C@H]([C@H](OC(=O)c3ccccc3)[C@]3(O)C[C@H](OC(=O)[C@H](O)[C@@H](NC(=O)c4ccccc4)c4ccccc4)C(C)=C1C3(C)C)[C@]1(OC(C)=O)CO[C@@H]1C[C@@H]2O.N=C(N)NC(=N)NCCc1ccccc1. The Morgan fingerprint density at radius 2 is 1.39 bits per heavy atom. The minimum atomic E-state index is -2.39. The summed E-state index contributed by atoms with van der Waals surface area (Å²) in [6, 6.07) is 32.9. The molecule has 4 aromatic rings. The molecule has 0 radical (unpaired) electrons. The first kappa shape index (κ1) is 56.9. The van der Waals surface area contributed by atoms with E-state index in [1.54, 1.807) is 92.7 Å². The van der Waals surface area contributed by atoms with Gasteiger partial charge in [-0.25, -0.2) is 9.59 Å². The molecule has 20 nitrogen and oxygen atoms in total. The summed E-state index contributed by atoms with van der Waals surface area (Å²) in [5.74, 6) is -7.02. The molecule has 0 aromatic heterocycles. The Bertz CT molecular complexity index is 2890. The third kappa shape index (κ3) is 11.5. The number of guanidine groups is 2. The number of nitrogens with one attached hydrogen (secondary N) is 5. The quantitative estimate of drug-likeness (QED) is 0.0301. The van der Waals surface area contributed by atoms with Crippen LogP contribution in [0.4, 0.5) is 0 Å². The standard InChI is InChI=1S/C47H51NO14.C10H15N5/c1-25-31(60-43(56)36(52)35(28-16-10-7-11-17-28)48-41(54)29-18-12-8-13-19-29)23-47(57)40(61-42(55)30-20-14-9-15-21-30)38-45(6,32(51)22-33-46(38,24-58-33)62-27(3)50)39(53)37(59-26(2)49)34(25)44(47,4)5;11-9(12)15-10(13)14-7-6-8-4-2-1-3-5-8/h7-21,31-33,35-38,40,51-52,57H,22-24H2,1-6H3,(H,48,54);1-5H,6-7H2,(H6,11,12,13,14,15)/t31-,32-,33+,35-,36+,37+,38-,40-,45+,46-,47+;/m0./s1. The van der Waals surface area contributed by atoms with Crippen molar-refractivity contribution in [1.29, 1.82) is 10.8 Å². The summed E-state index contributed by atoms with van der Waals surface area (Å²) in [6.07, 6.45) is -9.68. The molecule has 1 amide bonds. The highest BCUT2D eigenvalue weighted by molar-refractivity contribution is 5.97. The van der Waals surface area contributed by atoms with Crippen molar-refractivity contribution in [3.63, 3.8) is 0 Å². The monoisotopic (exact) mass is 1060 g/mol. The zero-order valence-corrected chi connectivity index (χ0v) is 43.6. The van der Waals surface area contributed by atoms with Crippen molar-refractivity contribution in [3.05, 3.63) is 155 Å². The molecule has 77 heavy (non-hydrogen) atoms. The van der Waals surface area contributed by atoms with Gasteiger partial charge in [0.15, 0.2) is 35.5 Å². The van der Waals surface area contributed by atoms with E-state index >= 15 is 4.79 Å². The van der Waals surface area contributed by atoms with Crippen molar-refractivity contribution in [1.82, 2.24) is 16.0 Å². The van der Waals surface area contributed by atoms with E-state index < -0.39 is 113 Å². The van der Waals surface area contributed by atoms with E-state index in [1.165, 1.54) is 31.5 Å². The van der Waals surface area contributed by atoms with Gasteiger partial charge in [0.2, 0.25) is 0 Å². The Morgan fingerprint density at radius 3 is 1.94 bits per heavy atom. The van der Waals surface area contributed by atoms with Gasteiger partial charge in [0.05, 0.1) is 35.6 Å². The molecule has 10 N–H and O–H groups in total. The van der Waals surface area contributed by atoms with Crippen molar-refractivity contribution in [2.45, 2.75) is 115 Å². The maximum atomic E-state index is 15.5. The zero-order valence-electron chi connectivity index (χ0n) is 43.6. The average Bonchev–Trinajstić information content (AvgIpc) is 3.49. The second-order valence-electron chi connectivity index (χ2n) is 20.4. The van der Waals surface area contributed by atoms with Crippen molar-refractivity contribution < 1.29 is 67.8 Å². The maximum absolute atomic E-state index is 15.5. The minimum absolute atomic E-state index is 0.00289. The summed E-state index contributed by atoms with van der Waals surface area (Å²) < 4.78 is 30.3. The lowest BCUT2D eigenvalue weighted by molar-refractivity contribution is -0.346. The fraction of sp³-hybridized carbons (Fsp3) is 0.404. The van der Waals surface area contributed by atoms with Crippen LogP contribution in [0, 0.1) is 27.6 Å². The molecule has 2 saturated carbocycles. The molecular formula is C57H66N6O14. The third-order valence-electron chi connectivity index (χ3n) is 15.3. The second kappa shape index (κ2) is 23.2. The predicted octanol–water partition coefficient (Wildman–Crippen LogP) is 3.97. The van der Waals surface area contributed by atoms with E-state index in [0.29, 0.717) is 12.1 Å². The van der Waals surface area contributed by atoms with Crippen LogP contribution in [0.25, 0.3) is 0 Å². The summed E-state index contributed by atoms with van der Waals surface area (Å²) in [4.78, 5) is 83.5. The van der Waals surface area contributed by atoms with Gasteiger partial charge < -0.3 is 55.4 Å². The number of hydrogen-bond donors (Lipinski definition) is 9. The molecule has 0 unspecified atom stereocenters. The fourth-order valence-corrected chi connectivity index (χ4v) is 11.3. The summed E-state index contributed by atoms with van der Waals surface area (Å²) >= 11 is 0. The number of hydrogen-bond acceptors (Lipinski definition) is 16. The highest BCUT2D eigenvalue weighted by Gasteiger charge is 2.78. The molecule has 3 fully saturated rings. The van der Waals surface area contributed by atoms with Crippen molar-refractivity contribution in [2.24, 2.45) is 22.5 Å². The van der Waals surface area contributed by atoms with Crippen molar-refractivity contribution >= 4 is 47.5 Å². The Kier molecular flexibility index (Phi) is 17.2. The lowest BCUT2D eigenvalue weighted by Crippen LogP contribution is -2.82. The van der Waals surface area contributed by atoms with Crippen LogP contribution in [-0.2, 0) is 49.3 Å². The zero-order chi connectivity index (χ0) is 56.0. The molecule has 1 saturated heterocycles. The van der Waals surface area contributed by atoms with Crippen LogP contribution in [0.3, 0.4) is 0 Å². The number of carbonyl (C=O) groups is 6. The molecule has 3 aliphatic carbocycles. The number of benzene rings is 4. The Labute approximate surface area is 445 Å². The van der Waals surface area contributed by atoms with Crippen LogP contribution in [-0.4, -0.2) is 124 Å². The number of Topliss-reactive ketones (excluding diaryl/α,β-unsaturated/α-hetero) is 1. The first-order valence-electron chi connectivity index (χ1n) is 25.1. The van der Waals surface area contributed by atoms with E-state index in [-0.39, 0.29) is 47.2 Å². The van der Waals surface area contributed by atoms with Gasteiger partial charge >= 0.3 is 23.9 Å². The second-order valence-corrected chi connectivity index (χ2v) is 20.4. The number of amides is 1. The van der Waals surface area contributed by atoms with Crippen LogP contribution >= 0.6 is 0 Å². The Balaban J connectivity index is 0.000000495. The predicted molar refractivity (Wildman–Crippen MR) is 279 cm³/mol. The molecule has 20 heteroatoms. The number of ether oxygens (including phenoxy) is 5. The average molecular weight is 1060 g/mol. The Morgan fingerprint density at radius 1 is 0.818 bits per heavy atom. The van der Waals surface area contributed by atoms with Gasteiger partial charge in [-0.3, -0.25) is 35.3 Å². The summed E-state index contributed by atoms with van der Waals surface area (Å²) in [7, 11) is 0. The van der Waals surface area contributed by atoms with Gasteiger partial charge in [0, 0.05) is 44.2 Å². The maximum Gasteiger partial charge on any atom is 0.338 e. The van der Waals surface area contributed by atoms with E-state index in [9.17, 15) is 39.3 Å². The van der Waals surface area contributed by atoms with Gasteiger partial charge in [-0.05, 0) is 66.8 Å². The van der Waals surface area contributed by atoms with Gasteiger partial charge in [0.1, 0.15) is 23.9 Å². The number of fused-ring (bicyclic) bond motifs is 5. The number of carbonyl (C=O) groups excluding carboxylic acids is 6. The first-order valence-corrected chi connectivity index (χ1v) is 25.1. The number of esters is 4. The summed E-state index contributed by atoms with van der Waals surface area (Å²) in [5, 5.41) is 59.7. The van der Waals surface area contributed by atoms with E-state index in [1.807, 2.05) is 30.3 Å². The van der Waals surface area contributed by atoms with E-state index in [2.05, 4.69) is 16.0 Å². The van der Waals surface area contributed by atoms with Gasteiger partial charge in [-0.1, -0.05) is 111 Å². The van der Waals surface area contributed by atoms with Crippen LogP contribution in [0.5, 0.6) is 0 Å². The highest BCUT2D eigenvalue weighted by atomic mass is 16.6. The summed E-state index contributed by atoms with van der Waals surface area (Å²) in [6.45, 7) is 8.62. The number of ketones is 1. The van der Waals surface area contributed by atoms with E-state index in [4.69, 9.17) is 40.2 Å². The first-order chi connectivity index (χ1) is 36.5. The van der Waals surface area contributed by atoms with Crippen LogP contribution in [0.2, 0.25) is 0 Å². The third-order valence-corrected chi connectivity index (χ3v) is 15.3. The number of aliphatic hydroxyl groups is 3. The topological polar surface area (TPSA) is 319 Å². The molecule has 4 aromatic carbocycles. The molecule has 0 spiro atoms. The molecule has 11 atom stereocenters. The smallest absolute Gasteiger partial charge is 0.338 e. The number of aliphatic hydroxyl groups excluding tert-OH is 2. The molecule has 408 valence electrons. The lowest BCUT2D eigenvalue weighted by Gasteiger charge is -2.67. The van der Waals surface area contributed by atoms with Gasteiger partial charge in [-0.15, -0.1) is 0 Å². The van der Waals surface area contributed by atoms with Crippen LogP contribution in [0.15, 0.2) is 132 Å². The summed E-state index contributed by atoms with van der Waals surface area (Å²) in [5.41, 5.74) is -0.743. The van der Waals surface area contributed by atoms with Crippen LogP contribution < -0.4 is 21.7 Å². The normalized spacial score (nSPS) is 27.5. The Hall–Kier alpha value is -7.78. The van der Waals surface area contributed by atoms with Crippen molar-refractivity contribution in [3.8, 4) is 0 Å². The number of rotatable bonds is 13. The molecule has 4 aliphatic rings. The van der Waals surface area contributed by atoms with E-state index in [0.717, 1.165) is 20.3 Å². The number of nitrogens with two attached hydrogens (primary N) is 1. The molecular weight excluding hydrogens is 993 g/mol.